The van der Waals surface area contributed by atoms with Crippen molar-refractivity contribution in [3.8, 4) is 11.5 Å². The number of hydrogen-bond donors (Lipinski definition) is 0. The molecule has 0 fully saturated rings. The van der Waals surface area contributed by atoms with Crippen LogP contribution in [0.3, 0.4) is 0 Å². The summed E-state index contributed by atoms with van der Waals surface area (Å²) in [5.74, 6) is -1.14. The smallest absolute Gasteiger partial charge is 0.471 e. The number of methoxy groups -OCH3 is 2. The van der Waals surface area contributed by atoms with Gasteiger partial charge in [0.15, 0.2) is 11.5 Å². The zero-order valence-corrected chi connectivity index (χ0v) is 17.2. The number of carbonyl (C=O) groups excluding carboxylic acids is 1. The molecule has 29 heavy (non-hydrogen) atoms. The molecule has 8 heteroatoms. The van der Waals surface area contributed by atoms with E-state index in [9.17, 15) is 18.0 Å². The van der Waals surface area contributed by atoms with Crippen molar-refractivity contribution in [3.63, 3.8) is 0 Å². The molecule has 0 bridgehead atoms. The first kappa shape index (κ1) is 21.4. The number of benzene rings is 2. The van der Waals surface area contributed by atoms with Gasteiger partial charge in [0.2, 0.25) is 0 Å². The van der Waals surface area contributed by atoms with E-state index in [-0.39, 0.29) is 13.1 Å². The van der Waals surface area contributed by atoms with E-state index in [4.69, 9.17) is 9.47 Å². The summed E-state index contributed by atoms with van der Waals surface area (Å²) in [5, 5.41) is 0. The maximum Gasteiger partial charge on any atom is 0.471 e. The van der Waals surface area contributed by atoms with E-state index in [1.54, 1.807) is 0 Å². The van der Waals surface area contributed by atoms with Crippen LogP contribution in [0.1, 0.15) is 22.6 Å². The predicted octanol–water partition coefficient (Wildman–Crippen LogP) is 4.50. The van der Waals surface area contributed by atoms with Gasteiger partial charge in [-0.15, -0.1) is 11.8 Å². The van der Waals surface area contributed by atoms with Crippen molar-refractivity contribution in [2.24, 2.45) is 0 Å². The number of amides is 1. The van der Waals surface area contributed by atoms with E-state index in [2.05, 4.69) is 0 Å². The molecule has 0 radical (unpaired) electrons. The van der Waals surface area contributed by atoms with Gasteiger partial charge in [-0.25, -0.2) is 0 Å². The molecule has 156 valence electrons. The van der Waals surface area contributed by atoms with E-state index < -0.39 is 18.0 Å². The summed E-state index contributed by atoms with van der Waals surface area (Å²) in [7, 11) is 3.07. The molecule has 0 N–H and O–H groups in total. The highest BCUT2D eigenvalue weighted by Gasteiger charge is 2.44. The molecule has 0 saturated carbocycles. The van der Waals surface area contributed by atoms with Gasteiger partial charge in [-0.1, -0.05) is 30.3 Å². The fraction of sp³-hybridized carbons (Fsp3) is 0.381. The van der Waals surface area contributed by atoms with E-state index in [1.807, 2.05) is 42.7 Å². The van der Waals surface area contributed by atoms with Crippen LogP contribution in [0.5, 0.6) is 11.5 Å². The average Bonchev–Trinajstić information content (AvgIpc) is 2.91. The SMILES string of the molecule is COc1cc2c(c(SC)c1OC)CCN(C(=O)C(F)(F)F)CC2c1ccccc1. The lowest BCUT2D eigenvalue weighted by atomic mass is 9.87. The summed E-state index contributed by atoms with van der Waals surface area (Å²) in [6, 6.07) is 11.1. The Labute approximate surface area is 172 Å². The number of fused-ring (bicyclic) bond motifs is 1. The molecular formula is C21H22F3NO3S. The third-order valence-electron chi connectivity index (χ3n) is 5.11. The molecule has 1 aliphatic rings. The molecule has 4 nitrogen and oxygen atoms in total. The Morgan fingerprint density at radius 3 is 2.41 bits per heavy atom. The Balaban J connectivity index is 2.20. The third-order valence-corrected chi connectivity index (χ3v) is 5.95. The zero-order chi connectivity index (χ0) is 21.2. The van der Waals surface area contributed by atoms with Crippen molar-refractivity contribution in [1.29, 1.82) is 0 Å². The van der Waals surface area contributed by atoms with Crippen LogP contribution in [0.15, 0.2) is 41.3 Å². The van der Waals surface area contributed by atoms with E-state index >= 15 is 0 Å². The second kappa shape index (κ2) is 8.57. The Morgan fingerprint density at radius 1 is 1.17 bits per heavy atom. The highest BCUT2D eigenvalue weighted by molar-refractivity contribution is 7.98. The first-order chi connectivity index (χ1) is 13.8. The van der Waals surface area contributed by atoms with Crippen LogP contribution in [0.25, 0.3) is 0 Å². The monoisotopic (exact) mass is 425 g/mol. The van der Waals surface area contributed by atoms with Gasteiger partial charge in [-0.3, -0.25) is 4.79 Å². The third kappa shape index (κ3) is 4.17. The van der Waals surface area contributed by atoms with Gasteiger partial charge in [0.25, 0.3) is 0 Å². The maximum absolute atomic E-state index is 13.2. The molecule has 1 heterocycles. The van der Waals surface area contributed by atoms with Crippen LogP contribution in [-0.4, -0.2) is 50.5 Å². The minimum atomic E-state index is -4.91. The molecule has 2 aromatic rings. The van der Waals surface area contributed by atoms with Crippen molar-refractivity contribution in [2.75, 3.05) is 33.6 Å². The Hall–Kier alpha value is -2.35. The van der Waals surface area contributed by atoms with Gasteiger partial charge in [0, 0.05) is 19.0 Å². The first-order valence-electron chi connectivity index (χ1n) is 9.04. The Morgan fingerprint density at radius 2 is 1.86 bits per heavy atom. The number of thioether (sulfide) groups is 1. The largest absolute Gasteiger partial charge is 0.493 e. The van der Waals surface area contributed by atoms with Crippen molar-refractivity contribution in [1.82, 2.24) is 4.90 Å². The molecular weight excluding hydrogens is 403 g/mol. The molecule has 0 spiro atoms. The predicted molar refractivity (Wildman–Crippen MR) is 106 cm³/mol. The van der Waals surface area contributed by atoms with Crippen LogP contribution in [0.4, 0.5) is 13.2 Å². The van der Waals surface area contributed by atoms with Crippen LogP contribution in [-0.2, 0) is 11.2 Å². The number of rotatable bonds is 4. The number of carbonyl (C=O) groups is 1. The summed E-state index contributed by atoms with van der Waals surface area (Å²) in [6.07, 6.45) is -2.72. The Kier molecular flexibility index (Phi) is 6.31. The van der Waals surface area contributed by atoms with Gasteiger partial charge in [-0.2, -0.15) is 13.2 Å². The molecule has 1 atom stereocenters. The van der Waals surface area contributed by atoms with Crippen molar-refractivity contribution >= 4 is 17.7 Å². The summed E-state index contributed by atoms with van der Waals surface area (Å²) in [4.78, 5) is 13.8. The highest BCUT2D eigenvalue weighted by atomic mass is 32.2. The lowest BCUT2D eigenvalue weighted by molar-refractivity contribution is -0.185. The number of halogens is 3. The first-order valence-corrected chi connectivity index (χ1v) is 10.3. The lowest BCUT2D eigenvalue weighted by Gasteiger charge is -2.26. The van der Waals surface area contributed by atoms with Gasteiger partial charge < -0.3 is 14.4 Å². The second-order valence-electron chi connectivity index (χ2n) is 6.68. The standard InChI is InChI=1S/C21H22F3NO3S/c1-27-17-11-15-14(19(29-3)18(17)28-2)9-10-25(20(26)21(22,23)24)12-16(15)13-7-5-4-6-8-13/h4-8,11,16H,9-10,12H2,1-3H3. The van der Waals surface area contributed by atoms with Crippen LogP contribution in [0.2, 0.25) is 0 Å². The summed E-state index contributed by atoms with van der Waals surface area (Å²) in [6.45, 7) is -0.0730. The summed E-state index contributed by atoms with van der Waals surface area (Å²) in [5.41, 5.74) is 2.59. The average molecular weight is 425 g/mol. The van der Waals surface area contributed by atoms with E-state index in [1.165, 1.54) is 26.0 Å². The maximum atomic E-state index is 13.2. The zero-order valence-electron chi connectivity index (χ0n) is 16.4. The molecule has 1 unspecified atom stereocenters. The van der Waals surface area contributed by atoms with E-state index in [0.717, 1.165) is 26.5 Å². The second-order valence-corrected chi connectivity index (χ2v) is 7.49. The van der Waals surface area contributed by atoms with Crippen molar-refractivity contribution in [3.05, 3.63) is 53.1 Å². The number of hydrogen-bond acceptors (Lipinski definition) is 4. The van der Waals surface area contributed by atoms with Gasteiger partial charge in [-0.05, 0) is 35.4 Å². The number of nitrogens with zero attached hydrogens (tertiary/aromatic N) is 1. The molecule has 2 aromatic carbocycles. The normalized spacial score (nSPS) is 16.8. The minimum Gasteiger partial charge on any atom is -0.493 e. The fourth-order valence-electron chi connectivity index (χ4n) is 3.79. The van der Waals surface area contributed by atoms with Crippen LogP contribution < -0.4 is 9.47 Å². The molecule has 0 saturated heterocycles. The molecule has 1 aliphatic heterocycles. The van der Waals surface area contributed by atoms with Crippen molar-refractivity contribution in [2.45, 2.75) is 23.4 Å². The van der Waals surface area contributed by atoms with E-state index in [0.29, 0.717) is 17.9 Å². The summed E-state index contributed by atoms with van der Waals surface area (Å²) < 4.78 is 50.5. The molecule has 1 amide bonds. The number of ether oxygens (including phenoxy) is 2. The van der Waals surface area contributed by atoms with Crippen LogP contribution in [0, 0.1) is 0 Å². The lowest BCUT2D eigenvalue weighted by Crippen LogP contribution is -2.43. The minimum absolute atomic E-state index is 0.0162. The molecule has 0 aromatic heterocycles. The fourth-order valence-corrected chi connectivity index (χ4v) is 4.63. The Bertz CT molecular complexity index is 887. The van der Waals surface area contributed by atoms with Gasteiger partial charge in [0.05, 0.1) is 19.1 Å². The van der Waals surface area contributed by atoms with Crippen LogP contribution >= 0.6 is 11.8 Å². The quantitative estimate of drug-likeness (QED) is 0.676. The van der Waals surface area contributed by atoms with Gasteiger partial charge >= 0.3 is 12.1 Å². The topological polar surface area (TPSA) is 38.8 Å². The van der Waals surface area contributed by atoms with Crippen molar-refractivity contribution < 1.29 is 27.4 Å². The molecule has 0 aliphatic carbocycles. The molecule has 3 rings (SSSR count). The highest BCUT2D eigenvalue weighted by Crippen LogP contribution is 2.46. The number of alkyl halides is 3. The van der Waals surface area contributed by atoms with Gasteiger partial charge in [0.1, 0.15) is 0 Å². The summed E-state index contributed by atoms with van der Waals surface area (Å²) >= 11 is 1.46.